The van der Waals surface area contributed by atoms with Gasteiger partial charge in [-0.1, -0.05) is 66.7 Å². The second kappa shape index (κ2) is 10.0. The SMILES string of the molecule is CCOC(=O)/C=C/C1CN(Cc2ccccc2)CCN1Cc1ccccc1. The molecule has 2 aromatic rings. The molecule has 0 aromatic heterocycles. The van der Waals surface area contributed by atoms with Crippen LogP contribution >= 0.6 is 0 Å². The molecule has 0 spiro atoms. The zero-order valence-electron chi connectivity index (χ0n) is 16.0. The van der Waals surface area contributed by atoms with Gasteiger partial charge in [0.1, 0.15) is 0 Å². The number of hydrogen-bond acceptors (Lipinski definition) is 4. The van der Waals surface area contributed by atoms with Crippen LogP contribution in [0.4, 0.5) is 0 Å². The van der Waals surface area contributed by atoms with Crippen LogP contribution in [0.15, 0.2) is 72.8 Å². The van der Waals surface area contributed by atoms with E-state index in [-0.39, 0.29) is 12.0 Å². The molecule has 0 amide bonds. The molecule has 4 nitrogen and oxygen atoms in total. The van der Waals surface area contributed by atoms with Crippen molar-refractivity contribution >= 4 is 5.97 Å². The Labute approximate surface area is 162 Å². The molecule has 0 N–H and O–H groups in total. The van der Waals surface area contributed by atoms with Crippen LogP contribution in [0.5, 0.6) is 0 Å². The number of ether oxygens (including phenoxy) is 1. The van der Waals surface area contributed by atoms with Gasteiger partial charge < -0.3 is 4.74 Å². The van der Waals surface area contributed by atoms with E-state index in [1.165, 1.54) is 11.1 Å². The fraction of sp³-hybridized carbons (Fsp3) is 0.348. The molecule has 1 aliphatic heterocycles. The summed E-state index contributed by atoms with van der Waals surface area (Å²) >= 11 is 0. The molecule has 0 bridgehead atoms. The largest absolute Gasteiger partial charge is 0.463 e. The molecule has 1 heterocycles. The van der Waals surface area contributed by atoms with E-state index in [9.17, 15) is 4.79 Å². The van der Waals surface area contributed by atoms with E-state index in [1.54, 1.807) is 6.08 Å². The minimum absolute atomic E-state index is 0.187. The maximum Gasteiger partial charge on any atom is 0.330 e. The van der Waals surface area contributed by atoms with Crippen molar-refractivity contribution in [1.29, 1.82) is 0 Å². The standard InChI is InChI=1S/C23H28N2O2/c1-2-27-23(26)14-13-22-19-24(17-20-9-5-3-6-10-20)15-16-25(22)18-21-11-7-4-8-12-21/h3-14,22H,2,15-19H2,1H3/b14-13+. The lowest BCUT2D eigenvalue weighted by Gasteiger charge is -2.40. The van der Waals surface area contributed by atoms with Gasteiger partial charge in [0.2, 0.25) is 0 Å². The highest BCUT2D eigenvalue weighted by Gasteiger charge is 2.25. The fourth-order valence-corrected chi connectivity index (χ4v) is 3.47. The van der Waals surface area contributed by atoms with Gasteiger partial charge in [0.15, 0.2) is 0 Å². The minimum atomic E-state index is -0.266. The number of rotatable bonds is 7. The third-order valence-corrected chi connectivity index (χ3v) is 4.84. The van der Waals surface area contributed by atoms with Gasteiger partial charge in [-0.25, -0.2) is 4.79 Å². The first-order valence-electron chi connectivity index (χ1n) is 9.64. The second-order valence-electron chi connectivity index (χ2n) is 6.86. The average Bonchev–Trinajstić information content (AvgIpc) is 2.70. The quantitative estimate of drug-likeness (QED) is 0.556. The molecule has 1 saturated heterocycles. The molecule has 1 fully saturated rings. The molecule has 0 radical (unpaired) electrons. The van der Waals surface area contributed by atoms with Crippen LogP contribution in [0.3, 0.4) is 0 Å². The summed E-state index contributed by atoms with van der Waals surface area (Å²) in [6.45, 7) is 6.95. The van der Waals surface area contributed by atoms with E-state index in [1.807, 2.05) is 25.1 Å². The zero-order chi connectivity index (χ0) is 18.9. The van der Waals surface area contributed by atoms with E-state index < -0.39 is 0 Å². The van der Waals surface area contributed by atoms with E-state index in [0.717, 1.165) is 32.7 Å². The predicted octanol–water partition coefficient (Wildman–Crippen LogP) is 3.49. The molecular weight excluding hydrogens is 336 g/mol. The van der Waals surface area contributed by atoms with Gasteiger partial charge in [0.25, 0.3) is 0 Å². The van der Waals surface area contributed by atoms with Gasteiger partial charge in [-0.05, 0) is 18.1 Å². The van der Waals surface area contributed by atoms with Crippen molar-refractivity contribution in [2.75, 3.05) is 26.2 Å². The normalized spacial score (nSPS) is 18.6. The summed E-state index contributed by atoms with van der Waals surface area (Å²) in [5.41, 5.74) is 2.62. The molecule has 4 heteroatoms. The van der Waals surface area contributed by atoms with E-state index >= 15 is 0 Å². The Kier molecular flexibility index (Phi) is 7.19. The van der Waals surface area contributed by atoms with Crippen LogP contribution in [0.1, 0.15) is 18.1 Å². The van der Waals surface area contributed by atoms with Gasteiger partial charge >= 0.3 is 5.97 Å². The first kappa shape index (κ1) is 19.3. The number of esters is 1. The number of carbonyl (C=O) groups is 1. The number of nitrogens with zero attached hydrogens (tertiary/aromatic N) is 2. The number of hydrogen-bond donors (Lipinski definition) is 0. The van der Waals surface area contributed by atoms with Crippen molar-refractivity contribution in [3.63, 3.8) is 0 Å². The first-order chi connectivity index (χ1) is 13.2. The molecule has 3 rings (SSSR count). The Bertz CT molecular complexity index is 731. The third-order valence-electron chi connectivity index (χ3n) is 4.84. The van der Waals surface area contributed by atoms with Crippen LogP contribution in [0.2, 0.25) is 0 Å². The highest BCUT2D eigenvalue weighted by molar-refractivity contribution is 5.82. The maximum atomic E-state index is 11.8. The van der Waals surface area contributed by atoms with Gasteiger partial charge in [-0.2, -0.15) is 0 Å². The van der Waals surface area contributed by atoms with E-state index in [2.05, 4.69) is 58.3 Å². The highest BCUT2D eigenvalue weighted by Crippen LogP contribution is 2.17. The van der Waals surface area contributed by atoms with Crippen molar-refractivity contribution in [2.24, 2.45) is 0 Å². The van der Waals surface area contributed by atoms with Crippen molar-refractivity contribution in [1.82, 2.24) is 9.80 Å². The number of carbonyl (C=O) groups excluding carboxylic acids is 1. The summed E-state index contributed by atoms with van der Waals surface area (Å²) in [7, 11) is 0. The van der Waals surface area contributed by atoms with Crippen LogP contribution < -0.4 is 0 Å². The van der Waals surface area contributed by atoms with Crippen LogP contribution in [0.25, 0.3) is 0 Å². The lowest BCUT2D eigenvalue weighted by molar-refractivity contribution is -0.137. The molecule has 2 aromatic carbocycles. The maximum absolute atomic E-state index is 11.8. The smallest absolute Gasteiger partial charge is 0.330 e. The molecule has 1 unspecified atom stereocenters. The molecule has 27 heavy (non-hydrogen) atoms. The summed E-state index contributed by atoms with van der Waals surface area (Å²) in [4.78, 5) is 16.7. The summed E-state index contributed by atoms with van der Waals surface area (Å²) in [5, 5.41) is 0. The molecule has 0 saturated carbocycles. The van der Waals surface area contributed by atoms with Crippen molar-refractivity contribution in [3.05, 3.63) is 83.9 Å². The molecule has 142 valence electrons. The predicted molar refractivity (Wildman–Crippen MR) is 108 cm³/mol. The van der Waals surface area contributed by atoms with E-state index in [0.29, 0.717) is 6.61 Å². The summed E-state index contributed by atoms with van der Waals surface area (Å²) in [6.07, 6.45) is 3.58. The van der Waals surface area contributed by atoms with Crippen LogP contribution in [-0.2, 0) is 22.6 Å². The molecule has 1 atom stereocenters. The third kappa shape index (κ3) is 6.05. The van der Waals surface area contributed by atoms with Gasteiger partial charge in [-0.3, -0.25) is 9.80 Å². The van der Waals surface area contributed by atoms with Crippen molar-refractivity contribution < 1.29 is 9.53 Å². The monoisotopic (exact) mass is 364 g/mol. The Hall–Kier alpha value is -2.43. The van der Waals surface area contributed by atoms with Gasteiger partial charge in [0.05, 0.1) is 6.61 Å². The van der Waals surface area contributed by atoms with Crippen LogP contribution in [-0.4, -0.2) is 48.1 Å². The molecule has 1 aliphatic rings. The second-order valence-corrected chi connectivity index (χ2v) is 6.86. The first-order valence-corrected chi connectivity index (χ1v) is 9.64. The Morgan fingerprint density at radius 2 is 1.63 bits per heavy atom. The van der Waals surface area contributed by atoms with Crippen molar-refractivity contribution in [2.45, 2.75) is 26.1 Å². The van der Waals surface area contributed by atoms with E-state index in [4.69, 9.17) is 4.74 Å². The van der Waals surface area contributed by atoms with Gasteiger partial charge in [0, 0.05) is 44.8 Å². The number of piperazine rings is 1. The van der Waals surface area contributed by atoms with Gasteiger partial charge in [-0.15, -0.1) is 0 Å². The summed E-state index contributed by atoms with van der Waals surface area (Å²) in [5.74, 6) is -0.266. The Morgan fingerprint density at radius 1 is 1.00 bits per heavy atom. The summed E-state index contributed by atoms with van der Waals surface area (Å²) < 4.78 is 5.05. The topological polar surface area (TPSA) is 32.8 Å². The highest BCUT2D eigenvalue weighted by atomic mass is 16.5. The average molecular weight is 364 g/mol. The van der Waals surface area contributed by atoms with Crippen LogP contribution in [0, 0.1) is 0 Å². The number of benzene rings is 2. The fourth-order valence-electron chi connectivity index (χ4n) is 3.47. The zero-order valence-corrected chi connectivity index (χ0v) is 16.0. The van der Waals surface area contributed by atoms with Crippen molar-refractivity contribution in [3.8, 4) is 0 Å². The lowest BCUT2D eigenvalue weighted by atomic mass is 10.1. The minimum Gasteiger partial charge on any atom is -0.463 e. The lowest BCUT2D eigenvalue weighted by Crippen LogP contribution is -2.51. The molecular formula is C23H28N2O2. The Morgan fingerprint density at radius 3 is 2.26 bits per heavy atom. The molecule has 0 aliphatic carbocycles. The summed E-state index contributed by atoms with van der Waals surface area (Å²) in [6, 6.07) is 21.2. The Balaban J connectivity index is 1.68.